The number of nitrogens with zero attached hydrogens (tertiary/aromatic N) is 2. The number of nitrogens with two attached hydrogens (primary N) is 2. The summed E-state index contributed by atoms with van der Waals surface area (Å²) in [7, 11) is 0. The standard InChI is InChI=1S/C14H22N4O5/c15-8(7-11(16)19)12(20)17-5-1-3-9(17)13(21)18-6-2-4-10(18)14(22)23/h8-10H,1-7,15H2,(H2,16,19)(H,22,23). The van der Waals surface area contributed by atoms with Crippen LogP contribution in [0.5, 0.6) is 0 Å². The fourth-order valence-electron chi connectivity index (χ4n) is 3.28. The van der Waals surface area contributed by atoms with Crippen LogP contribution in [0.25, 0.3) is 0 Å². The van der Waals surface area contributed by atoms with E-state index in [4.69, 9.17) is 11.5 Å². The average Bonchev–Trinajstić information content (AvgIpc) is 3.13. The Bertz CT molecular complexity index is 523. The quantitative estimate of drug-likeness (QED) is 0.546. The van der Waals surface area contributed by atoms with Gasteiger partial charge in [-0.25, -0.2) is 4.79 Å². The van der Waals surface area contributed by atoms with Crippen LogP contribution in [0.2, 0.25) is 0 Å². The Labute approximate surface area is 133 Å². The van der Waals surface area contributed by atoms with E-state index in [9.17, 15) is 24.3 Å². The summed E-state index contributed by atoms with van der Waals surface area (Å²) in [6, 6.07) is -2.62. The molecule has 0 bridgehead atoms. The lowest BCUT2D eigenvalue weighted by Gasteiger charge is -2.31. The number of hydrogen-bond acceptors (Lipinski definition) is 5. The lowest BCUT2D eigenvalue weighted by molar-refractivity contribution is -0.152. The molecule has 0 aliphatic carbocycles. The van der Waals surface area contributed by atoms with Crippen LogP contribution in [0.15, 0.2) is 0 Å². The molecule has 5 N–H and O–H groups in total. The first kappa shape index (κ1) is 17.2. The van der Waals surface area contributed by atoms with Crippen LogP contribution >= 0.6 is 0 Å². The second kappa shape index (κ2) is 6.95. The molecule has 23 heavy (non-hydrogen) atoms. The normalized spacial score (nSPS) is 25.4. The minimum atomic E-state index is -1.07. The summed E-state index contributed by atoms with van der Waals surface area (Å²) < 4.78 is 0. The van der Waals surface area contributed by atoms with Crippen LogP contribution in [0, 0.1) is 0 Å². The van der Waals surface area contributed by atoms with Gasteiger partial charge in [0, 0.05) is 13.1 Å². The molecule has 2 fully saturated rings. The number of carboxylic acid groups (broad SMARTS) is 1. The maximum atomic E-state index is 12.7. The summed E-state index contributed by atoms with van der Waals surface area (Å²) in [6.07, 6.45) is 1.87. The number of carbonyl (C=O) groups excluding carboxylic acids is 3. The van der Waals surface area contributed by atoms with E-state index in [1.54, 1.807) is 0 Å². The van der Waals surface area contributed by atoms with Gasteiger partial charge in [-0.3, -0.25) is 14.4 Å². The smallest absolute Gasteiger partial charge is 0.326 e. The molecule has 0 aromatic rings. The molecule has 128 valence electrons. The molecule has 0 radical (unpaired) electrons. The van der Waals surface area contributed by atoms with E-state index in [1.807, 2.05) is 0 Å². The van der Waals surface area contributed by atoms with Gasteiger partial charge in [0.15, 0.2) is 0 Å². The van der Waals surface area contributed by atoms with Crippen LogP contribution in [0.1, 0.15) is 32.1 Å². The lowest BCUT2D eigenvalue weighted by atomic mass is 10.1. The number of aliphatic carboxylic acids is 1. The molecule has 2 saturated heterocycles. The van der Waals surface area contributed by atoms with Crippen LogP contribution < -0.4 is 11.5 Å². The van der Waals surface area contributed by atoms with Crippen molar-refractivity contribution in [3.05, 3.63) is 0 Å². The molecule has 0 saturated carbocycles. The third kappa shape index (κ3) is 3.61. The van der Waals surface area contributed by atoms with Crippen molar-refractivity contribution in [3.63, 3.8) is 0 Å². The van der Waals surface area contributed by atoms with Crippen LogP contribution in [-0.4, -0.2) is 69.8 Å². The number of likely N-dealkylation sites (tertiary alicyclic amines) is 2. The number of carboxylic acids is 1. The summed E-state index contributed by atoms with van der Waals surface area (Å²) in [5, 5.41) is 9.19. The van der Waals surface area contributed by atoms with Crippen LogP contribution in [-0.2, 0) is 19.2 Å². The van der Waals surface area contributed by atoms with Crippen molar-refractivity contribution < 1.29 is 24.3 Å². The summed E-state index contributed by atoms with van der Waals surface area (Å²) in [4.78, 5) is 49.8. The highest BCUT2D eigenvalue weighted by molar-refractivity contribution is 5.94. The predicted octanol–water partition coefficient (Wildman–Crippen LogP) is -1.74. The second-order valence-corrected chi connectivity index (χ2v) is 5.99. The molecule has 9 heteroatoms. The van der Waals surface area contributed by atoms with Gasteiger partial charge in [-0.2, -0.15) is 0 Å². The molecule has 3 unspecified atom stereocenters. The number of primary amides is 1. The minimum Gasteiger partial charge on any atom is -0.480 e. The van der Waals surface area contributed by atoms with E-state index in [2.05, 4.69) is 0 Å². The molecular formula is C14H22N4O5. The molecule has 9 nitrogen and oxygen atoms in total. The zero-order valence-corrected chi connectivity index (χ0v) is 12.8. The first-order valence-electron chi connectivity index (χ1n) is 7.70. The predicted molar refractivity (Wildman–Crippen MR) is 78.9 cm³/mol. The van der Waals surface area contributed by atoms with Gasteiger partial charge in [0.1, 0.15) is 12.1 Å². The van der Waals surface area contributed by atoms with Gasteiger partial charge < -0.3 is 26.4 Å². The van der Waals surface area contributed by atoms with Gasteiger partial charge in [-0.05, 0) is 25.7 Å². The molecule has 0 spiro atoms. The SMILES string of the molecule is NC(=O)CC(N)C(=O)N1CCCC1C(=O)N1CCCC1C(=O)O. The van der Waals surface area contributed by atoms with E-state index >= 15 is 0 Å². The summed E-state index contributed by atoms with van der Waals surface area (Å²) in [6.45, 7) is 0.745. The number of carbonyl (C=O) groups is 4. The molecular weight excluding hydrogens is 304 g/mol. The molecule has 2 aliphatic heterocycles. The van der Waals surface area contributed by atoms with E-state index in [0.717, 1.165) is 0 Å². The highest BCUT2D eigenvalue weighted by Gasteiger charge is 2.42. The molecule has 2 aliphatic rings. The second-order valence-electron chi connectivity index (χ2n) is 5.99. The van der Waals surface area contributed by atoms with Crippen molar-refractivity contribution in [2.45, 2.75) is 50.2 Å². The van der Waals surface area contributed by atoms with E-state index in [0.29, 0.717) is 38.8 Å². The molecule has 0 aromatic heterocycles. The Morgan fingerprint density at radius 3 is 2.17 bits per heavy atom. The molecule has 3 atom stereocenters. The van der Waals surface area contributed by atoms with Crippen LogP contribution in [0.4, 0.5) is 0 Å². The van der Waals surface area contributed by atoms with Gasteiger partial charge in [0.2, 0.25) is 17.7 Å². The van der Waals surface area contributed by atoms with Crippen molar-refractivity contribution in [1.29, 1.82) is 0 Å². The summed E-state index contributed by atoms with van der Waals surface area (Å²) in [5.41, 5.74) is 10.7. The van der Waals surface area contributed by atoms with Gasteiger partial charge in [0.25, 0.3) is 0 Å². The molecule has 3 amide bonds. The fraction of sp³-hybridized carbons (Fsp3) is 0.714. The van der Waals surface area contributed by atoms with Gasteiger partial charge in [-0.15, -0.1) is 0 Å². The summed E-state index contributed by atoms with van der Waals surface area (Å²) >= 11 is 0. The van der Waals surface area contributed by atoms with Crippen molar-refractivity contribution in [2.75, 3.05) is 13.1 Å². The van der Waals surface area contributed by atoms with Gasteiger partial charge in [0.05, 0.1) is 12.5 Å². The average molecular weight is 326 g/mol. The maximum Gasteiger partial charge on any atom is 0.326 e. The first-order valence-corrected chi connectivity index (χ1v) is 7.70. The van der Waals surface area contributed by atoms with Crippen LogP contribution in [0.3, 0.4) is 0 Å². The van der Waals surface area contributed by atoms with E-state index in [-0.39, 0.29) is 12.3 Å². The third-order valence-electron chi connectivity index (χ3n) is 4.38. The Kier molecular flexibility index (Phi) is 5.19. The minimum absolute atomic E-state index is 0.280. The summed E-state index contributed by atoms with van der Waals surface area (Å²) in [5.74, 6) is -2.56. The maximum absolute atomic E-state index is 12.7. The van der Waals surface area contributed by atoms with E-state index < -0.39 is 35.9 Å². The Morgan fingerprint density at radius 2 is 1.61 bits per heavy atom. The zero-order chi connectivity index (χ0) is 17.1. The van der Waals surface area contributed by atoms with Crippen molar-refractivity contribution in [3.8, 4) is 0 Å². The number of amides is 3. The monoisotopic (exact) mass is 326 g/mol. The molecule has 2 rings (SSSR count). The molecule has 0 aromatic carbocycles. The zero-order valence-electron chi connectivity index (χ0n) is 12.8. The Hall–Kier alpha value is -2.16. The Balaban J connectivity index is 2.09. The largest absolute Gasteiger partial charge is 0.480 e. The molecule has 2 heterocycles. The topological polar surface area (TPSA) is 147 Å². The highest BCUT2D eigenvalue weighted by atomic mass is 16.4. The lowest BCUT2D eigenvalue weighted by Crippen LogP contribution is -2.54. The van der Waals surface area contributed by atoms with Crippen molar-refractivity contribution in [1.82, 2.24) is 9.80 Å². The van der Waals surface area contributed by atoms with Crippen molar-refractivity contribution in [2.24, 2.45) is 11.5 Å². The highest BCUT2D eigenvalue weighted by Crippen LogP contribution is 2.25. The first-order chi connectivity index (χ1) is 10.8. The van der Waals surface area contributed by atoms with Gasteiger partial charge >= 0.3 is 5.97 Å². The van der Waals surface area contributed by atoms with E-state index in [1.165, 1.54) is 9.80 Å². The Morgan fingerprint density at radius 1 is 1.04 bits per heavy atom. The number of rotatable bonds is 5. The van der Waals surface area contributed by atoms with Gasteiger partial charge in [-0.1, -0.05) is 0 Å². The van der Waals surface area contributed by atoms with Crippen molar-refractivity contribution >= 4 is 23.7 Å². The third-order valence-corrected chi connectivity index (χ3v) is 4.38. The fourth-order valence-corrected chi connectivity index (χ4v) is 3.28. The number of hydrogen-bond donors (Lipinski definition) is 3.